The van der Waals surface area contributed by atoms with Crippen LogP contribution in [-0.2, 0) is 0 Å². The molecule has 0 amide bonds. The molecule has 0 spiro atoms. The van der Waals surface area contributed by atoms with Crippen molar-refractivity contribution in [2.75, 3.05) is 6.54 Å². The topological polar surface area (TPSA) is 12.0 Å². The number of rotatable bonds is 4. The van der Waals surface area contributed by atoms with Crippen molar-refractivity contribution >= 4 is 0 Å². The summed E-state index contributed by atoms with van der Waals surface area (Å²) >= 11 is 0. The summed E-state index contributed by atoms with van der Waals surface area (Å²) in [6.45, 7) is 5.58. The van der Waals surface area contributed by atoms with E-state index >= 15 is 0 Å². The van der Waals surface area contributed by atoms with Crippen molar-refractivity contribution < 1.29 is 0 Å². The number of hydrogen-bond donors (Lipinski definition) is 1. The third-order valence-corrected chi connectivity index (χ3v) is 6.48. The van der Waals surface area contributed by atoms with Crippen LogP contribution >= 0.6 is 0 Å². The molecule has 114 valence electrons. The van der Waals surface area contributed by atoms with Crippen molar-refractivity contribution in [2.24, 2.45) is 23.2 Å². The lowest BCUT2D eigenvalue weighted by Crippen LogP contribution is -2.52. The lowest BCUT2D eigenvalue weighted by Gasteiger charge is -2.59. The number of hydrogen-bond acceptors (Lipinski definition) is 1. The van der Waals surface area contributed by atoms with E-state index in [1.54, 1.807) is 5.56 Å². The zero-order chi connectivity index (χ0) is 14.4. The van der Waals surface area contributed by atoms with Gasteiger partial charge in [0.1, 0.15) is 0 Å². The quantitative estimate of drug-likeness (QED) is 0.832. The number of aryl methyl sites for hydroxylation is 1. The van der Waals surface area contributed by atoms with E-state index in [9.17, 15) is 0 Å². The summed E-state index contributed by atoms with van der Waals surface area (Å²) < 4.78 is 0. The first kappa shape index (κ1) is 13.8. The first-order valence-electron chi connectivity index (χ1n) is 8.98. The summed E-state index contributed by atoms with van der Waals surface area (Å²) in [5.74, 6) is 3.09. The fourth-order valence-electron chi connectivity index (χ4n) is 6.27. The molecule has 0 radical (unpaired) electrons. The molecule has 1 N–H and O–H groups in total. The molecule has 4 aliphatic carbocycles. The van der Waals surface area contributed by atoms with Crippen molar-refractivity contribution in [3.05, 3.63) is 35.4 Å². The smallest absolute Gasteiger partial charge is 0.0377 e. The Morgan fingerprint density at radius 2 is 1.71 bits per heavy atom. The summed E-state index contributed by atoms with van der Waals surface area (Å²) in [6.07, 6.45) is 9.03. The van der Waals surface area contributed by atoms with E-state index in [0.29, 0.717) is 11.5 Å². The molecule has 4 fully saturated rings. The van der Waals surface area contributed by atoms with E-state index in [2.05, 4.69) is 43.4 Å². The van der Waals surface area contributed by atoms with Crippen molar-refractivity contribution in [1.82, 2.24) is 5.32 Å². The number of benzene rings is 1. The molecule has 4 saturated carbocycles. The number of nitrogens with one attached hydrogen (secondary N) is 1. The van der Waals surface area contributed by atoms with Gasteiger partial charge < -0.3 is 5.32 Å². The molecule has 1 atom stereocenters. The summed E-state index contributed by atoms with van der Waals surface area (Å²) in [4.78, 5) is 0. The highest BCUT2D eigenvalue weighted by Crippen LogP contribution is 2.64. The zero-order valence-electron chi connectivity index (χ0n) is 13.6. The standard InChI is InChI=1S/C20H29N/c1-3-21-19(18-6-4-5-14(2)7-18)20-11-15-8-16(12-20)10-17(9-15)13-20/h4-7,15-17,19,21H,3,8-13H2,1-2H3. The highest BCUT2D eigenvalue weighted by molar-refractivity contribution is 5.28. The van der Waals surface area contributed by atoms with Gasteiger partial charge in [-0.05, 0) is 80.7 Å². The maximum atomic E-state index is 3.88. The van der Waals surface area contributed by atoms with E-state index in [-0.39, 0.29) is 0 Å². The van der Waals surface area contributed by atoms with Crippen LogP contribution in [0.3, 0.4) is 0 Å². The van der Waals surface area contributed by atoms with Crippen LogP contribution in [0.4, 0.5) is 0 Å². The van der Waals surface area contributed by atoms with E-state index in [0.717, 1.165) is 24.3 Å². The molecule has 0 aromatic heterocycles. The van der Waals surface area contributed by atoms with E-state index in [4.69, 9.17) is 0 Å². The minimum atomic E-state index is 0.554. The maximum Gasteiger partial charge on any atom is 0.0377 e. The molecule has 4 aliphatic rings. The van der Waals surface area contributed by atoms with E-state index in [1.807, 2.05) is 0 Å². The molecule has 0 saturated heterocycles. The van der Waals surface area contributed by atoms with Gasteiger partial charge in [0.05, 0.1) is 0 Å². The van der Waals surface area contributed by atoms with Crippen molar-refractivity contribution in [3.63, 3.8) is 0 Å². The molecule has 1 aromatic carbocycles. The molecule has 4 bridgehead atoms. The van der Waals surface area contributed by atoms with Gasteiger partial charge in [-0.1, -0.05) is 36.8 Å². The normalized spacial score (nSPS) is 38.7. The monoisotopic (exact) mass is 283 g/mol. The lowest BCUT2D eigenvalue weighted by atomic mass is 9.47. The Hall–Kier alpha value is -0.820. The highest BCUT2D eigenvalue weighted by Gasteiger charge is 2.54. The first-order valence-corrected chi connectivity index (χ1v) is 8.98. The van der Waals surface area contributed by atoms with Gasteiger partial charge in [0.25, 0.3) is 0 Å². The van der Waals surface area contributed by atoms with E-state index in [1.165, 1.54) is 44.1 Å². The lowest BCUT2D eigenvalue weighted by molar-refractivity contribution is -0.0746. The summed E-state index contributed by atoms with van der Waals surface area (Å²) in [5.41, 5.74) is 3.50. The molecule has 1 heteroatoms. The summed E-state index contributed by atoms with van der Waals surface area (Å²) in [7, 11) is 0. The minimum Gasteiger partial charge on any atom is -0.310 e. The van der Waals surface area contributed by atoms with Gasteiger partial charge in [0.2, 0.25) is 0 Å². The molecular formula is C20H29N. The van der Waals surface area contributed by atoms with Crippen LogP contribution in [0.15, 0.2) is 24.3 Å². The fourth-order valence-corrected chi connectivity index (χ4v) is 6.27. The zero-order valence-corrected chi connectivity index (χ0v) is 13.6. The van der Waals surface area contributed by atoms with E-state index < -0.39 is 0 Å². The molecule has 1 aromatic rings. The molecular weight excluding hydrogens is 254 g/mol. The predicted molar refractivity (Wildman–Crippen MR) is 88.2 cm³/mol. The summed E-state index contributed by atoms with van der Waals surface area (Å²) in [5, 5.41) is 3.88. The second kappa shape index (κ2) is 5.12. The Morgan fingerprint density at radius 3 is 2.24 bits per heavy atom. The molecule has 0 heterocycles. The predicted octanol–water partition coefficient (Wildman–Crippen LogP) is 4.86. The van der Waals surface area contributed by atoms with Crippen LogP contribution in [0, 0.1) is 30.1 Å². The van der Waals surface area contributed by atoms with Gasteiger partial charge in [-0.2, -0.15) is 0 Å². The molecule has 0 aliphatic heterocycles. The minimum absolute atomic E-state index is 0.554. The Morgan fingerprint density at radius 1 is 1.10 bits per heavy atom. The highest BCUT2D eigenvalue weighted by atomic mass is 14.9. The molecule has 5 rings (SSSR count). The van der Waals surface area contributed by atoms with Crippen LogP contribution in [0.5, 0.6) is 0 Å². The average molecular weight is 283 g/mol. The van der Waals surface area contributed by atoms with Gasteiger partial charge in [0.15, 0.2) is 0 Å². The van der Waals surface area contributed by atoms with Crippen molar-refractivity contribution in [1.29, 1.82) is 0 Å². The van der Waals surface area contributed by atoms with Crippen LogP contribution in [-0.4, -0.2) is 6.54 Å². The Bertz CT molecular complexity index is 483. The van der Waals surface area contributed by atoms with Gasteiger partial charge in [-0.3, -0.25) is 0 Å². The second-order valence-corrected chi connectivity index (χ2v) is 8.18. The Balaban J connectivity index is 1.70. The average Bonchev–Trinajstić information content (AvgIpc) is 2.43. The Kier molecular flexibility index (Phi) is 3.37. The van der Waals surface area contributed by atoms with Crippen LogP contribution < -0.4 is 5.32 Å². The maximum absolute atomic E-state index is 3.88. The van der Waals surface area contributed by atoms with Gasteiger partial charge >= 0.3 is 0 Å². The largest absolute Gasteiger partial charge is 0.310 e. The molecule has 21 heavy (non-hydrogen) atoms. The Labute approximate surface area is 129 Å². The van der Waals surface area contributed by atoms with Crippen LogP contribution in [0.2, 0.25) is 0 Å². The van der Waals surface area contributed by atoms with Crippen molar-refractivity contribution in [2.45, 2.75) is 58.4 Å². The third-order valence-electron chi connectivity index (χ3n) is 6.48. The second-order valence-electron chi connectivity index (χ2n) is 8.18. The van der Waals surface area contributed by atoms with Gasteiger partial charge in [0, 0.05) is 6.04 Å². The van der Waals surface area contributed by atoms with Gasteiger partial charge in [-0.15, -0.1) is 0 Å². The first-order chi connectivity index (χ1) is 10.2. The van der Waals surface area contributed by atoms with Crippen LogP contribution in [0.25, 0.3) is 0 Å². The SMILES string of the molecule is CCNC(c1cccc(C)c1)C12CC3CC(CC(C3)C1)C2. The molecule has 1 nitrogen and oxygen atoms in total. The fraction of sp³-hybridized carbons (Fsp3) is 0.700. The molecule has 1 unspecified atom stereocenters. The summed E-state index contributed by atoms with van der Waals surface area (Å²) in [6, 6.07) is 9.84. The van der Waals surface area contributed by atoms with Gasteiger partial charge in [-0.25, -0.2) is 0 Å². The van der Waals surface area contributed by atoms with Crippen molar-refractivity contribution in [3.8, 4) is 0 Å². The third kappa shape index (κ3) is 2.34. The van der Waals surface area contributed by atoms with Crippen LogP contribution in [0.1, 0.15) is 62.6 Å².